The molecule has 0 aliphatic heterocycles. The van der Waals surface area contributed by atoms with Crippen LogP contribution >= 0.6 is 0 Å². The first kappa shape index (κ1) is 7.26. The quantitative estimate of drug-likeness (QED) is 0.556. The van der Waals surface area contributed by atoms with Gasteiger partial charge in [-0.15, -0.1) is 5.10 Å². The Morgan fingerprint density at radius 1 is 0.909 bits per heavy atom. The lowest BCUT2D eigenvalue weighted by Gasteiger charge is -1.69. The Morgan fingerprint density at radius 2 is 1.55 bits per heavy atom. The second-order valence-corrected chi connectivity index (χ2v) is 1.45. The van der Waals surface area contributed by atoms with Crippen LogP contribution in [-0.4, -0.2) is 30.4 Å². The van der Waals surface area contributed by atoms with E-state index >= 15 is 0 Å². The molecule has 0 aliphatic rings. The molecule has 6 heteroatoms. The van der Waals surface area contributed by atoms with Crippen molar-refractivity contribution in [2.24, 2.45) is 0 Å². The summed E-state index contributed by atoms with van der Waals surface area (Å²) in [5.41, 5.74) is 0. The van der Waals surface area contributed by atoms with Crippen LogP contribution < -0.4 is 0 Å². The summed E-state index contributed by atoms with van der Waals surface area (Å²) in [6, 6.07) is 0. The summed E-state index contributed by atoms with van der Waals surface area (Å²) in [5.74, 6) is 0. The molecule has 0 saturated carbocycles. The SMILES string of the molecule is c1c[nH]nn1.c1ncncn1. The molecule has 56 valence electrons. The normalized spacial score (nSPS) is 8.00. The third-order valence-electron chi connectivity index (χ3n) is 0.731. The first-order valence-corrected chi connectivity index (χ1v) is 2.85. The smallest absolute Gasteiger partial charge is 0.119 e. The molecule has 0 aliphatic carbocycles. The van der Waals surface area contributed by atoms with Crippen LogP contribution in [0.2, 0.25) is 0 Å². The first-order valence-electron chi connectivity index (χ1n) is 2.85. The van der Waals surface area contributed by atoms with Gasteiger partial charge in [-0.2, -0.15) is 0 Å². The number of H-pyrrole nitrogens is 1. The van der Waals surface area contributed by atoms with Gasteiger partial charge in [0.25, 0.3) is 0 Å². The first-order chi connectivity index (χ1) is 5.50. The third-order valence-corrected chi connectivity index (χ3v) is 0.731. The van der Waals surface area contributed by atoms with Gasteiger partial charge >= 0.3 is 0 Å². The Labute approximate surface area is 62.7 Å². The van der Waals surface area contributed by atoms with Gasteiger partial charge in [0, 0.05) is 6.20 Å². The minimum atomic E-state index is 1.44. The van der Waals surface area contributed by atoms with Crippen LogP contribution in [0, 0.1) is 0 Å². The van der Waals surface area contributed by atoms with E-state index in [0.29, 0.717) is 0 Å². The molecule has 0 fully saturated rings. The fraction of sp³-hybridized carbons (Fsp3) is 0. The minimum absolute atomic E-state index is 1.44. The lowest BCUT2D eigenvalue weighted by molar-refractivity contribution is 0.940. The molecule has 0 bridgehead atoms. The Bertz CT molecular complexity index is 197. The van der Waals surface area contributed by atoms with Crippen LogP contribution in [-0.2, 0) is 0 Å². The van der Waals surface area contributed by atoms with E-state index in [1.54, 1.807) is 12.4 Å². The molecule has 0 radical (unpaired) electrons. The number of rotatable bonds is 0. The van der Waals surface area contributed by atoms with Crippen LogP contribution in [0.15, 0.2) is 31.4 Å². The Morgan fingerprint density at radius 3 is 1.73 bits per heavy atom. The van der Waals surface area contributed by atoms with Crippen molar-refractivity contribution >= 4 is 0 Å². The van der Waals surface area contributed by atoms with E-state index in [-0.39, 0.29) is 0 Å². The summed E-state index contributed by atoms with van der Waals surface area (Å²) in [6.45, 7) is 0. The van der Waals surface area contributed by atoms with E-state index in [4.69, 9.17) is 0 Å². The molecule has 11 heavy (non-hydrogen) atoms. The van der Waals surface area contributed by atoms with E-state index in [0.717, 1.165) is 0 Å². The highest BCUT2D eigenvalue weighted by Gasteiger charge is 1.59. The number of aromatic amines is 1. The van der Waals surface area contributed by atoms with E-state index in [2.05, 4.69) is 30.4 Å². The van der Waals surface area contributed by atoms with Gasteiger partial charge in [-0.3, -0.25) is 5.10 Å². The summed E-state index contributed by atoms with van der Waals surface area (Å²) in [4.78, 5) is 10.7. The summed E-state index contributed by atoms with van der Waals surface area (Å²) in [7, 11) is 0. The summed E-state index contributed by atoms with van der Waals surface area (Å²) in [5, 5.41) is 9.26. The zero-order chi connectivity index (χ0) is 7.78. The molecule has 2 aromatic heterocycles. The molecule has 2 aromatic rings. The van der Waals surface area contributed by atoms with E-state index < -0.39 is 0 Å². The number of nitrogens with zero attached hydrogens (tertiary/aromatic N) is 5. The summed E-state index contributed by atoms with van der Waals surface area (Å²) >= 11 is 0. The van der Waals surface area contributed by atoms with E-state index in [1.165, 1.54) is 19.0 Å². The second kappa shape index (κ2) is 4.98. The lowest BCUT2D eigenvalue weighted by atomic mass is 11.0. The fourth-order valence-electron chi connectivity index (χ4n) is 0.372. The van der Waals surface area contributed by atoms with Crippen molar-refractivity contribution in [3.8, 4) is 0 Å². The molecule has 0 saturated heterocycles. The molecule has 0 atom stereocenters. The van der Waals surface area contributed by atoms with E-state index in [1.807, 2.05) is 0 Å². The average Bonchev–Trinajstić information content (AvgIpc) is 2.64. The topological polar surface area (TPSA) is 80.2 Å². The van der Waals surface area contributed by atoms with Crippen molar-refractivity contribution in [2.45, 2.75) is 0 Å². The molecular weight excluding hydrogens is 144 g/mol. The summed E-state index contributed by atoms with van der Waals surface area (Å²) in [6.07, 6.45) is 7.55. The number of hydrogen-bond donors (Lipinski definition) is 1. The predicted octanol–water partition coefficient (Wildman–Crippen LogP) is -0.324. The maximum Gasteiger partial charge on any atom is 0.119 e. The van der Waals surface area contributed by atoms with Gasteiger partial charge in [-0.1, -0.05) is 5.21 Å². The highest BCUT2D eigenvalue weighted by molar-refractivity contribution is 4.54. The van der Waals surface area contributed by atoms with Crippen molar-refractivity contribution in [2.75, 3.05) is 0 Å². The van der Waals surface area contributed by atoms with E-state index in [9.17, 15) is 0 Å². The average molecular weight is 150 g/mol. The highest BCUT2D eigenvalue weighted by atomic mass is 15.3. The molecule has 1 N–H and O–H groups in total. The van der Waals surface area contributed by atoms with Crippen molar-refractivity contribution in [1.82, 2.24) is 30.4 Å². The van der Waals surface area contributed by atoms with Gasteiger partial charge in [0.2, 0.25) is 0 Å². The molecule has 2 heterocycles. The van der Waals surface area contributed by atoms with Gasteiger partial charge in [0.1, 0.15) is 19.0 Å². The molecule has 0 aromatic carbocycles. The number of aromatic nitrogens is 6. The molecule has 0 amide bonds. The zero-order valence-electron chi connectivity index (χ0n) is 5.62. The maximum absolute atomic E-state index is 3.56. The van der Waals surface area contributed by atoms with Crippen molar-refractivity contribution in [3.63, 3.8) is 0 Å². The van der Waals surface area contributed by atoms with Gasteiger partial charge in [0.05, 0.1) is 6.20 Å². The lowest BCUT2D eigenvalue weighted by Crippen LogP contribution is -1.73. The van der Waals surface area contributed by atoms with Crippen LogP contribution in [0.25, 0.3) is 0 Å². The van der Waals surface area contributed by atoms with Crippen LogP contribution in [0.4, 0.5) is 0 Å². The zero-order valence-corrected chi connectivity index (χ0v) is 5.62. The fourth-order valence-corrected chi connectivity index (χ4v) is 0.372. The van der Waals surface area contributed by atoms with Crippen LogP contribution in [0.3, 0.4) is 0 Å². The van der Waals surface area contributed by atoms with Crippen molar-refractivity contribution < 1.29 is 0 Å². The molecular formula is C5H6N6. The second-order valence-electron chi connectivity index (χ2n) is 1.45. The molecule has 0 unspecified atom stereocenters. The van der Waals surface area contributed by atoms with Gasteiger partial charge in [0.15, 0.2) is 0 Å². The Hall–Kier alpha value is -1.85. The van der Waals surface area contributed by atoms with Gasteiger partial charge < -0.3 is 0 Å². The number of hydrogen-bond acceptors (Lipinski definition) is 5. The van der Waals surface area contributed by atoms with Gasteiger partial charge in [-0.05, 0) is 0 Å². The predicted molar refractivity (Wildman–Crippen MR) is 36.2 cm³/mol. The summed E-state index contributed by atoms with van der Waals surface area (Å²) < 4.78 is 0. The third kappa shape index (κ3) is 3.68. The maximum atomic E-state index is 3.56. The monoisotopic (exact) mass is 150 g/mol. The minimum Gasteiger partial charge on any atom is -0.266 e. The standard InChI is InChI=1S/C3H3N3.C2H3N3/c1-4-2-6-3-5-1;1-2-4-5-3-1/h1-3H;1-2H,(H,3,4,5). The number of nitrogens with one attached hydrogen (secondary N) is 1. The molecule has 2 rings (SSSR count). The molecule has 6 nitrogen and oxygen atoms in total. The molecule has 0 spiro atoms. The van der Waals surface area contributed by atoms with Crippen LogP contribution in [0.5, 0.6) is 0 Å². The highest BCUT2D eigenvalue weighted by Crippen LogP contribution is 1.57. The van der Waals surface area contributed by atoms with Crippen molar-refractivity contribution in [3.05, 3.63) is 31.4 Å². The van der Waals surface area contributed by atoms with Gasteiger partial charge in [-0.25, -0.2) is 15.0 Å². The van der Waals surface area contributed by atoms with Crippen LogP contribution in [0.1, 0.15) is 0 Å². The largest absolute Gasteiger partial charge is 0.266 e. The Kier molecular flexibility index (Phi) is 3.28. The Balaban J connectivity index is 0.000000112. The van der Waals surface area contributed by atoms with Crippen molar-refractivity contribution in [1.29, 1.82) is 0 Å².